The van der Waals surface area contributed by atoms with E-state index < -0.39 is 10.8 Å². The molecule has 0 aromatic heterocycles. The van der Waals surface area contributed by atoms with Crippen molar-refractivity contribution in [3.63, 3.8) is 0 Å². The second kappa shape index (κ2) is 3.42. The average molecular weight is 252 g/mol. The molecule has 1 atom stereocenters. The van der Waals surface area contributed by atoms with Crippen LogP contribution in [0.3, 0.4) is 0 Å². The van der Waals surface area contributed by atoms with Crippen molar-refractivity contribution in [2.45, 2.75) is 11.2 Å². The normalized spacial score (nSPS) is 27.8. The van der Waals surface area contributed by atoms with Crippen LogP contribution in [0, 0.1) is 0 Å². The molecule has 88 valence electrons. The minimum atomic E-state index is -0.990. The highest BCUT2D eigenvalue weighted by atomic mass is 32.2. The molecular formula is C16H12OS. The van der Waals surface area contributed by atoms with Crippen LogP contribution in [-0.2, 0) is 10.8 Å². The van der Waals surface area contributed by atoms with E-state index in [1.54, 1.807) is 0 Å². The third-order valence-electron chi connectivity index (χ3n) is 3.97. The fourth-order valence-corrected chi connectivity index (χ4v) is 4.88. The van der Waals surface area contributed by atoms with Crippen molar-refractivity contribution in [3.05, 3.63) is 82.3 Å². The van der Waals surface area contributed by atoms with Crippen LogP contribution < -0.4 is 0 Å². The molecule has 1 unspecified atom stereocenters. The van der Waals surface area contributed by atoms with E-state index in [0.29, 0.717) is 0 Å². The van der Waals surface area contributed by atoms with Crippen molar-refractivity contribution in [1.29, 1.82) is 0 Å². The van der Waals surface area contributed by atoms with Crippen molar-refractivity contribution in [2.24, 2.45) is 0 Å². The van der Waals surface area contributed by atoms with Crippen LogP contribution in [0.25, 0.3) is 0 Å². The van der Waals surface area contributed by atoms with Gasteiger partial charge in [0.1, 0.15) is 0 Å². The quantitative estimate of drug-likeness (QED) is 0.701. The molecule has 1 nitrogen and oxygen atoms in total. The van der Waals surface area contributed by atoms with Gasteiger partial charge in [0.15, 0.2) is 0 Å². The molecule has 2 heteroatoms. The topological polar surface area (TPSA) is 17.1 Å². The van der Waals surface area contributed by atoms with Crippen molar-refractivity contribution in [1.82, 2.24) is 0 Å². The third-order valence-corrected chi connectivity index (χ3v) is 5.66. The second-order valence-electron chi connectivity index (χ2n) is 4.83. The molecule has 0 N–H and O–H groups in total. The molecule has 5 rings (SSSR count). The molecule has 2 aromatic rings. The van der Waals surface area contributed by atoms with Crippen molar-refractivity contribution in [2.75, 3.05) is 0 Å². The van der Waals surface area contributed by atoms with E-state index >= 15 is 0 Å². The zero-order chi connectivity index (χ0) is 12.3. The Morgan fingerprint density at radius 1 is 0.833 bits per heavy atom. The summed E-state index contributed by atoms with van der Waals surface area (Å²) in [6, 6.07) is 16.7. The van der Waals surface area contributed by atoms with Gasteiger partial charge in [0.05, 0.1) is 16.0 Å². The van der Waals surface area contributed by atoms with Crippen molar-refractivity contribution in [3.8, 4) is 0 Å². The zero-order valence-corrected chi connectivity index (χ0v) is 10.6. The maximum Gasteiger partial charge on any atom is 0.0896 e. The lowest BCUT2D eigenvalue weighted by Gasteiger charge is -2.40. The van der Waals surface area contributed by atoms with Gasteiger partial charge in [-0.2, -0.15) is 0 Å². The van der Waals surface area contributed by atoms with E-state index in [1.807, 2.05) is 12.1 Å². The number of hydrogen-bond acceptors (Lipinski definition) is 1. The first-order valence-electron chi connectivity index (χ1n) is 6.06. The molecule has 0 fully saturated rings. The largest absolute Gasteiger partial charge is 0.254 e. The summed E-state index contributed by atoms with van der Waals surface area (Å²) in [5.41, 5.74) is 5.00. The van der Waals surface area contributed by atoms with Crippen LogP contribution in [0.2, 0.25) is 0 Å². The Balaban J connectivity index is 2.12. The average Bonchev–Trinajstić information content (AvgIpc) is 2.42. The molecule has 0 radical (unpaired) electrons. The molecule has 0 spiro atoms. The first-order valence-corrected chi connectivity index (χ1v) is 7.27. The summed E-state index contributed by atoms with van der Waals surface area (Å²) < 4.78 is 12.5. The number of fused-ring (bicyclic) bond motifs is 1. The maximum atomic E-state index is 12.5. The molecule has 0 saturated carbocycles. The standard InChI is InChI=1S/C16H12OS/c1-10-15-11-6-2-4-8-13(11)16(18(10)17)14-9-5-3-7-12(14)15/h2-9,15-16H,1H2. The van der Waals surface area contributed by atoms with Gasteiger partial charge in [-0.05, 0) is 22.3 Å². The van der Waals surface area contributed by atoms with Gasteiger partial charge in [0.2, 0.25) is 0 Å². The first-order chi connectivity index (χ1) is 8.79. The van der Waals surface area contributed by atoms with Gasteiger partial charge in [-0.1, -0.05) is 55.1 Å². The van der Waals surface area contributed by atoms with Gasteiger partial charge in [-0.3, -0.25) is 4.21 Å². The zero-order valence-electron chi connectivity index (χ0n) is 9.80. The van der Waals surface area contributed by atoms with Crippen LogP contribution in [0.4, 0.5) is 0 Å². The molecule has 2 aromatic carbocycles. The van der Waals surface area contributed by atoms with Crippen LogP contribution >= 0.6 is 0 Å². The predicted molar refractivity (Wildman–Crippen MR) is 73.9 cm³/mol. The lowest BCUT2D eigenvalue weighted by atomic mass is 9.77. The smallest absolute Gasteiger partial charge is 0.0896 e. The SMILES string of the molecule is C=C1C2c3ccccc3C(c3ccccc32)S1=O. The Hall–Kier alpha value is -1.67. The molecule has 1 aliphatic carbocycles. The summed E-state index contributed by atoms with van der Waals surface area (Å²) in [5.74, 6) is 0.114. The Morgan fingerprint density at radius 2 is 1.28 bits per heavy atom. The molecule has 18 heavy (non-hydrogen) atoms. The van der Waals surface area contributed by atoms with E-state index in [4.69, 9.17) is 0 Å². The summed E-state index contributed by atoms with van der Waals surface area (Å²) in [6.07, 6.45) is 0. The number of rotatable bonds is 0. The van der Waals surface area contributed by atoms with E-state index in [1.165, 1.54) is 22.3 Å². The highest BCUT2D eigenvalue weighted by Gasteiger charge is 2.43. The van der Waals surface area contributed by atoms with Gasteiger partial charge in [0, 0.05) is 10.8 Å². The molecule has 2 aliphatic heterocycles. The number of hydrogen-bond donors (Lipinski definition) is 0. The van der Waals surface area contributed by atoms with Gasteiger partial charge < -0.3 is 0 Å². The first kappa shape index (κ1) is 10.3. The van der Waals surface area contributed by atoms with Gasteiger partial charge in [-0.15, -0.1) is 0 Å². The number of benzene rings is 2. The Morgan fingerprint density at radius 3 is 1.78 bits per heavy atom. The van der Waals surface area contributed by atoms with Crippen LogP contribution in [0.1, 0.15) is 33.4 Å². The summed E-state index contributed by atoms with van der Waals surface area (Å²) in [5, 5.41) is -0.0186. The fraction of sp³-hybridized carbons (Fsp3) is 0.125. The van der Waals surface area contributed by atoms with E-state index in [9.17, 15) is 4.21 Å². The maximum absolute atomic E-state index is 12.5. The summed E-state index contributed by atoms with van der Waals surface area (Å²) in [6.45, 7) is 4.08. The third kappa shape index (κ3) is 1.09. The van der Waals surface area contributed by atoms with E-state index in [-0.39, 0.29) is 11.2 Å². The Bertz CT molecular complexity index is 594. The monoisotopic (exact) mass is 252 g/mol. The molecule has 2 heterocycles. The van der Waals surface area contributed by atoms with Gasteiger partial charge >= 0.3 is 0 Å². The molecular weight excluding hydrogens is 240 g/mol. The minimum Gasteiger partial charge on any atom is -0.254 e. The fourth-order valence-electron chi connectivity index (χ4n) is 3.21. The lowest BCUT2D eigenvalue weighted by Crippen LogP contribution is -2.30. The van der Waals surface area contributed by atoms with Gasteiger partial charge in [-0.25, -0.2) is 0 Å². The molecule has 0 amide bonds. The minimum absolute atomic E-state index is 0.0186. The van der Waals surface area contributed by atoms with E-state index in [0.717, 1.165) is 4.91 Å². The highest BCUT2D eigenvalue weighted by Crippen LogP contribution is 2.54. The van der Waals surface area contributed by atoms with Crippen LogP contribution in [0.15, 0.2) is 60.0 Å². The lowest BCUT2D eigenvalue weighted by molar-refractivity contribution is 0.670. The summed E-state index contributed by atoms with van der Waals surface area (Å²) in [7, 11) is -0.990. The molecule has 3 aliphatic rings. The molecule has 2 bridgehead atoms. The summed E-state index contributed by atoms with van der Waals surface area (Å²) in [4.78, 5) is 0.859. The van der Waals surface area contributed by atoms with E-state index in [2.05, 4.69) is 43.0 Å². The van der Waals surface area contributed by atoms with Crippen LogP contribution in [0.5, 0.6) is 0 Å². The van der Waals surface area contributed by atoms with Crippen LogP contribution in [-0.4, -0.2) is 4.21 Å². The Labute approximate surface area is 109 Å². The number of allylic oxidation sites excluding steroid dienone is 1. The summed E-state index contributed by atoms with van der Waals surface area (Å²) >= 11 is 0. The highest BCUT2D eigenvalue weighted by molar-refractivity contribution is 7.89. The predicted octanol–water partition coefficient (Wildman–Crippen LogP) is 3.50. The van der Waals surface area contributed by atoms with Gasteiger partial charge in [0.25, 0.3) is 0 Å². The second-order valence-corrected chi connectivity index (χ2v) is 6.43. The Kier molecular flexibility index (Phi) is 1.95. The van der Waals surface area contributed by atoms with Crippen molar-refractivity contribution < 1.29 is 4.21 Å². The molecule has 0 saturated heterocycles. The van der Waals surface area contributed by atoms with Crippen molar-refractivity contribution >= 4 is 10.8 Å².